The Balaban J connectivity index is 2.20. The fourth-order valence-electron chi connectivity index (χ4n) is 1.81. The summed E-state index contributed by atoms with van der Waals surface area (Å²) in [5, 5.41) is 4.51. The molecule has 0 bridgehead atoms. The van der Waals surface area contributed by atoms with Crippen molar-refractivity contribution in [1.29, 1.82) is 0 Å². The highest BCUT2D eigenvalue weighted by Gasteiger charge is 2.14. The molecule has 1 aromatic carbocycles. The molecule has 2 rings (SSSR count). The third kappa shape index (κ3) is 3.66. The van der Waals surface area contributed by atoms with E-state index in [1.165, 1.54) is 31.4 Å². The molecule has 4 nitrogen and oxygen atoms in total. The van der Waals surface area contributed by atoms with Crippen LogP contribution in [0.5, 0.6) is 0 Å². The van der Waals surface area contributed by atoms with E-state index in [2.05, 4.69) is 10.1 Å². The number of hydrogen-bond acceptors (Lipinski definition) is 4. The maximum Gasteiger partial charge on any atom is 0.338 e. The van der Waals surface area contributed by atoms with Crippen LogP contribution in [0.1, 0.15) is 20.8 Å². The van der Waals surface area contributed by atoms with Gasteiger partial charge in [-0.3, -0.25) is 4.79 Å². The average Bonchev–Trinajstić information content (AvgIpc) is 2.95. The van der Waals surface area contributed by atoms with Gasteiger partial charge in [-0.15, -0.1) is 11.3 Å². The minimum Gasteiger partial charge on any atom is -0.465 e. The van der Waals surface area contributed by atoms with Crippen molar-refractivity contribution in [3.63, 3.8) is 0 Å². The van der Waals surface area contributed by atoms with Crippen LogP contribution in [0.25, 0.3) is 0 Å². The highest BCUT2D eigenvalue weighted by atomic mass is 32.1. The van der Waals surface area contributed by atoms with Gasteiger partial charge in [0.1, 0.15) is 5.82 Å². The van der Waals surface area contributed by atoms with Gasteiger partial charge in [0.25, 0.3) is 0 Å². The fourth-order valence-corrected chi connectivity index (χ4v) is 2.51. The molecule has 2 aromatic rings. The van der Waals surface area contributed by atoms with Gasteiger partial charge in [0.15, 0.2) is 0 Å². The predicted octanol–water partition coefficient (Wildman–Crippen LogP) is 3.16. The molecule has 0 atom stereocenters. The summed E-state index contributed by atoms with van der Waals surface area (Å²) in [6, 6.07) is 6.21. The van der Waals surface area contributed by atoms with E-state index in [0.29, 0.717) is 0 Å². The second kappa shape index (κ2) is 6.49. The lowest BCUT2D eigenvalue weighted by molar-refractivity contribution is -0.115. The molecule has 0 unspecified atom stereocenters. The van der Waals surface area contributed by atoms with E-state index in [4.69, 9.17) is 0 Å². The van der Waals surface area contributed by atoms with Crippen LogP contribution in [0.2, 0.25) is 0 Å². The number of halogens is 1. The topological polar surface area (TPSA) is 55.4 Å². The zero-order chi connectivity index (χ0) is 15.4. The third-order valence-corrected chi connectivity index (χ3v) is 3.83. The molecule has 0 saturated carbocycles. The van der Waals surface area contributed by atoms with Crippen molar-refractivity contribution in [2.45, 2.75) is 13.3 Å². The van der Waals surface area contributed by atoms with E-state index in [-0.39, 0.29) is 29.1 Å². The average molecular weight is 307 g/mol. The fraction of sp³-hybridized carbons (Fsp3) is 0.200. The van der Waals surface area contributed by atoms with Gasteiger partial charge in [0.05, 0.1) is 19.1 Å². The summed E-state index contributed by atoms with van der Waals surface area (Å²) >= 11 is 1.47. The molecular weight excluding hydrogens is 293 g/mol. The predicted molar refractivity (Wildman–Crippen MR) is 79.1 cm³/mol. The van der Waals surface area contributed by atoms with Gasteiger partial charge in [-0.1, -0.05) is 6.07 Å². The van der Waals surface area contributed by atoms with Crippen molar-refractivity contribution in [1.82, 2.24) is 0 Å². The number of ether oxygens (including phenoxy) is 1. The number of methoxy groups -OCH3 is 1. The summed E-state index contributed by atoms with van der Waals surface area (Å²) in [6.07, 6.45) is 0.210. The van der Waals surface area contributed by atoms with Gasteiger partial charge in [-0.2, -0.15) is 0 Å². The molecule has 0 spiro atoms. The summed E-state index contributed by atoms with van der Waals surface area (Å²) in [6.45, 7) is 1.54. The number of esters is 1. The van der Waals surface area contributed by atoms with Gasteiger partial charge >= 0.3 is 5.97 Å². The SMILES string of the molecule is COC(=O)c1cc(F)c(C)c(NC(=O)Cc2cccs2)c1. The first-order valence-electron chi connectivity index (χ1n) is 6.22. The lowest BCUT2D eigenvalue weighted by Crippen LogP contribution is -2.16. The molecule has 0 fully saturated rings. The molecule has 0 radical (unpaired) electrons. The molecule has 1 aromatic heterocycles. The van der Waals surface area contributed by atoms with E-state index < -0.39 is 11.8 Å². The Bertz CT molecular complexity index is 668. The van der Waals surface area contributed by atoms with Crippen molar-refractivity contribution in [2.75, 3.05) is 12.4 Å². The second-order valence-electron chi connectivity index (χ2n) is 4.43. The van der Waals surface area contributed by atoms with Crippen LogP contribution < -0.4 is 5.32 Å². The number of anilines is 1. The van der Waals surface area contributed by atoms with Crippen LogP contribution in [-0.4, -0.2) is 19.0 Å². The van der Waals surface area contributed by atoms with Gasteiger partial charge in [-0.25, -0.2) is 9.18 Å². The van der Waals surface area contributed by atoms with Crippen molar-refractivity contribution in [3.8, 4) is 0 Å². The molecule has 0 aliphatic heterocycles. The smallest absolute Gasteiger partial charge is 0.338 e. The van der Waals surface area contributed by atoms with E-state index in [9.17, 15) is 14.0 Å². The summed E-state index contributed by atoms with van der Waals surface area (Å²) < 4.78 is 18.4. The van der Waals surface area contributed by atoms with E-state index in [0.717, 1.165) is 10.9 Å². The zero-order valence-electron chi connectivity index (χ0n) is 11.6. The normalized spacial score (nSPS) is 10.2. The van der Waals surface area contributed by atoms with E-state index >= 15 is 0 Å². The van der Waals surface area contributed by atoms with Crippen molar-refractivity contribution in [2.24, 2.45) is 0 Å². The zero-order valence-corrected chi connectivity index (χ0v) is 12.4. The molecule has 0 aliphatic carbocycles. The van der Waals surface area contributed by atoms with Crippen LogP contribution in [0.3, 0.4) is 0 Å². The standard InChI is InChI=1S/C15H14FNO3S/c1-9-12(16)6-10(15(19)20-2)7-13(9)17-14(18)8-11-4-3-5-21-11/h3-7H,8H2,1-2H3,(H,17,18). The van der Waals surface area contributed by atoms with Crippen LogP contribution >= 0.6 is 11.3 Å². The number of rotatable bonds is 4. The van der Waals surface area contributed by atoms with Gasteiger partial charge < -0.3 is 10.1 Å². The van der Waals surface area contributed by atoms with Crippen molar-refractivity contribution in [3.05, 3.63) is 51.5 Å². The van der Waals surface area contributed by atoms with Crippen LogP contribution in [-0.2, 0) is 16.0 Å². The van der Waals surface area contributed by atoms with Crippen molar-refractivity contribution < 1.29 is 18.7 Å². The number of carbonyl (C=O) groups excluding carboxylic acids is 2. The van der Waals surface area contributed by atoms with E-state index in [1.54, 1.807) is 0 Å². The third-order valence-electron chi connectivity index (χ3n) is 2.95. The Morgan fingerprint density at radius 2 is 2.14 bits per heavy atom. The maximum absolute atomic E-state index is 13.8. The Morgan fingerprint density at radius 1 is 1.38 bits per heavy atom. The van der Waals surface area contributed by atoms with E-state index in [1.807, 2.05) is 17.5 Å². The Kier molecular flexibility index (Phi) is 4.70. The molecule has 21 heavy (non-hydrogen) atoms. The number of nitrogens with one attached hydrogen (secondary N) is 1. The van der Waals surface area contributed by atoms with Gasteiger partial charge in [-0.05, 0) is 30.5 Å². The number of amides is 1. The highest BCUT2D eigenvalue weighted by molar-refractivity contribution is 7.10. The molecule has 1 heterocycles. The van der Waals surface area contributed by atoms with Crippen LogP contribution in [0.4, 0.5) is 10.1 Å². The van der Waals surface area contributed by atoms with Gasteiger partial charge in [0, 0.05) is 16.1 Å². The summed E-state index contributed by atoms with van der Waals surface area (Å²) in [5.74, 6) is -1.48. The largest absolute Gasteiger partial charge is 0.465 e. The molecule has 6 heteroatoms. The number of benzene rings is 1. The molecule has 0 aliphatic rings. The number of carbonyl (C=O) groups is 2. The minimum atomic E-state index is -0.650. The molecule has 1 amide bonds. The van der Waals surface area contributed by atoms with Gasteiger partial charge in [0.2, 0.25) is 5.91 Å². The first-order chi connectivity index (χ1) is 10.0. The second-order valence-corrected chi connectivity index (χ2v) is 5.46. The maximum atomic E-state index is 13.8. The molecule has 1 N–H and O–H groups in total. The van der Waals surface area contributed by atoms with Crippen molar-refractivity contribution >= 4 is 28.9 Å². The Labute approximate surface area is 125 Å². The quantitative estimate of drug-likeness (QED) is 0.883. The summed E-state index contributed by atoms with van der Waals surface area (Å²) in [4.78, 5) is 24.3. The lowest BCUT2D eigenvalue weighted by Gasteiger charge is -2.10. The Hall–Kier alpha value is -2.21. The Morgan fingerprint density at radius 3 is 2.76 bits per heavy atom. The first-order valence-corrected chi connectivity index (χ1v) is 7.10. The molecule has 0 saturated heterocycles. The number of hydrogen-bond donors (Lipinski definition) is 1. The van der Waals surface area contributed by atoms with Crippen LogP contribution in [0, 0.1) is 12.7 Å². The molecular formula is C15H14FNO3S. The summed E-state index contributed by atoms with van der Waals surface area (Å²) in [5.41, 5.74) is 0.617. The van der Waals surface area contributed by atoms with Crippen LogP contribution in [0.15, 0.2) is 29.6 Å². The minimum absolute atomic E-state index is 0.0621. The lowest BCUT2D eigenvalue weighted by atomic mass is 10.1. The molecule has 110 valence electrons. The monoisotopic (exact) mass is 307 g/mol. The first kappa shape index (κ1) is 15.2. The highest BCUT2D eigenvalue weighted by Crippen LogP contribution is 2.22. The number of thiophene rings is 1. The summed E-state index contributed by atoms with van der Waals surface area (Å²) in [7, 11) is 1.22.